The SMILES string of the molecule is Cc1ccc(S(=O)(=O)Nc2ccc(-c3noc(-c4cncc(Br)c4)n3)cc2)cc1. The van der Waals surface area contributed by atoms with Crippen LogP contribution in [-0.4, -0.2) is 23.5 Å². The first-order chi connectivity index (χ1) is 13.9. The number of benzene rings is 2. The van der Waals surface area contributed by atoms with Crippen LogP contribution in [0.2, 0.25) is 0 Å². The maximum atomic E-state index is 12.5. The van der Waals surface area contributed by atoms with Crippen molar-refractivity contribution >= 4 is 31.6 Å². The summed E-state index contributed by atoms with van der Waals surface area (Å²) in [5, 5.41) is 3.98. The van der Waals surface area contributed by atoms with Gasteiger partial charge in [0.15, 0.2) is 0 Å². The number of aromatic nitrogens is 3. The minimum absolute atomic E-state index is 0.206. The topological polar surface area (TPSA) is 98.0 Å². The van der Waals surface area contributed by atoms with Crippen molar-refractivity contribution in [2.75, 3.05) is 4.72 Å². The molecule has 0 bridgehead atoms. The molecule has 0 saturated heterocycles. The second kappa shape index (κ2) is 7.76. The molecule has 4 aromatic rings. The monoisotopic (exact) mass is 470 g/mol. The maximum Gasteiger partial charge on any atom is 0.261 e. The number of nitrogens with zero attached hydrogens (tertiary/aromatic N) is 3. The van der Waals surface area contributed by atoms with Crippen molar-refractivity contribution in [2.24, 2.45) is 0 Å². The average molecular weight is 471 g/mol. The molecule has 0 aliphatic carbocycles. The Balaban J connectivity index is 1.53. The predicted octanol–water partition coefficient (Wildman–Crippen LogP) is 4.67. The van der Waals surface area contributed by atoms with Crippen LogP contribution >= 0.6 is 15.9 Å². The molecule has 146 valence electrons. The summed E-state index contributed by atoms with van der Waals surface area (Å²) in [6.07, 6.45) is 3.29. The Hall–Kier alpha value is -3.04. The number of sulfonamides is 1. The van der Waals surface area contributed by atoms with Gasteiger partial charge in [-0.2, -0.15) is 4.98 Å². The third-order valence-corrected chi connectivity index (χ3v) is 5.94. The minimum Gasteiger partial charge on any atom is -0.334 e. The van der Waals surface area contributed by atoms with E-state index in [9.17, 15) is 8.42 Å². The van der Waals surface area contributed by atoms with Crippen molar-refractivity contribution in [3.05, 3.63) is 77.0 Å². The van der Waals surface area contributed by atoms with Gasteiger partial charge in [-0.05, 0) is 65.3 Å². The number of pyridine rings is 1. The van der Waals surface area contributed by atoms with E-state index >= 15 is 0 Å². The van der Waals surface area contributed by atoms with Crippen LogP contribution in [0.1, 0.15) is 5.56 Å². The Morgan fingerprint density at radius 2 is 1.69 bits per heavy atom. The number of halogens is 1. The lowest BCUT2D eigenvalue weighted by molar-refractivity contribution is 0.432. The van der Waals surface area contributed by atoms with Gasteiger partial charge in [0.25, 0.3) is 15.9 Å². The highest BCUT2D eigenvalue weighted by Crippen LogP contribution is 2.25. The second-order valence-electron chi connectivity index (χ2n) is 6.31. The van der Waals surface area contributed by atoms with E-state index in [0.717, 1.165) is 10.0 Å². The van der Waals surface area contributed by atoms with Crippen LogP contribution in [0, 0.1) is 6.92 Å². The molecule has 1 N–H and O–H groups in total. The Morgan fingerprint density at radius 1 is 0.966 bits per heavy atom. The molecule has 0 aliphatic heterocycles. The Bertz CT molecular complexity index is 1250. The zero-order valence-corrected chi connectivity index (χ0v) is 17.6. The van der Waals surface area contributed by atoms with Gasteiger partial charge in [0.1, 0.15) is 0 Å². The summed E-state index contributed by atoms with van der Waals surface area (Å²) in [5.74, 6) is 0.742. The number of hydrogen-bond acceptors (Lipinski definition) is 6. The van der Waals surface area contributed by atoms with Gasteiger partial charge in [-0.3, -0.25) is 9.71 Å². The summed E-state index contributed by atoms with van der Waals surface area (Å²) in [4.78, 5) is 8.66. The third-order valence-electron chi connectivity index (χ3n) is 4.10. The normalized spacial score (nSPS) is 11.4. The molecule has 0 spiro atoms. The van der Waals surface area contributed by atoms with Gasteiger partial charge in [-0.1, -0.05) is 22.9 Å². The van der Waals surface area contributed by atoms with Gasteiger partial charge < -0.3 is 4.52 Å². The Labute approximate surface area is 176 Å². The van der Waals surface area contributed by atoms with E-state index in [0.29, 0.717) is 28.5 Å². The molecule has 0 amide bonds. The van der Waals surface area contributed by atoms with Crippen molar-refractivity contribution in [2.45, 2.75) is 11.8 Å². The molecule has 29 heavy (non-hydrogen) atoms. The van der Waals surface area contributed by atoms with Gasteiger partial charge in [-0.15, -0.1) is 0 Å². The number of rotatable bonds is 5. The van der Waals surface area contributed by atoms with Crippen LogP contribution < -0.4 is 4.72 Å². The lowest BCUT2D eigenvalue weighted by Crippen LogP contribution is -2.12. The molecule has 4 rings (SSSR count). The van der Waals surface area contributed by atoms with Crippen molar-refractivity contribution in [3.8, 4) is 22.8 Å². The quantitative estimate of drug-likeness (QED) is 0.454. The zero-order valence-electron chi connectivity index (χ0n) is 15.2. The van der Waals surface area contributed by atoms with E-state index in [1.807, 2.05) is 13.0 Å². The minimum atomic E-state index is -3.65. The molecule has 2 aromatic heterocycles. The number of nitrogens with one attached hydrogen (secondary N) is 1. The van der Waals surface area contributed by atoms with E-state index in [-0.39, 0.29) is 4.90 Å². The molecule has 0 aliphatic rings. The second-order valence-corrected chi connectivity index (χ2v) is 8.91. The summed E-state index contributed by atoms with van der Waals surface area (Å²) in [6.45, 7) is 1.90. The molecule has 0 fully saturated rings. The lowest BCUT2D eigenvalue weighted by atomic mass is 10.2. The van der Waals surface area contributed by atoms with Crippen LogP contribution in [0.3, 0.4) is 0 Å². The number of aryl methyl sites for hydroxylation is 1. The summed E-state index contributed by atoms with van der Waals surface area (Å²) >= 11 is 3.35. The maximum absolute atomic E-state index is 12.5. The van der Waals surface area contributed by atoms with Crippen LogP contribution in [0.4, 0.5) is 5.69 Å². The van der Waals surface area contributed by atoms with Crippen molar-refractivity contribution in [1.29, 1.82) is 0 Å². The molecule has 0 saturated carbocycles. The van der Waals surface area contributed by atoms with Crippen molar-refractivity contribution in [1.82, 2.24) is 15.1 Å². The highest BCUT2D eigenvalue weighted by Gasteiger charge is 2.15. The molecule has 2 aromatic carbocycles. The van der Waals surface area contributed by atoms with Crippen LogP contribution in [0.5, 0.6) is 0 Å². The van der Waals surface area contributed by atoms with Crippen LogP contribution in [-0.2, 0) is 10.0 Å². The molecular weight excluding hydrogens is 456 g/mol. The fourth-order valence-corrected chi connectivity index (χ4v) is 4.03. The Kier molecular flexibility index (Phi) is 5.16. The number of anilines is 1. The molecule has 2 heterocycles. The summed E-state index contributed by atoms with van der Waals surface area (Å²) in [7, 11) is -3.65. The first-order valence-electron chi connectivity index (χ1n) is 8.55. The molecule has 0 atom stereocenters. The van der Waals surface area contributed by atoms with Gasteiger partial charge in [-0.25, -0.2) is 8.42 Å². The Morgan fingerprint density at radius 3 is 2.38 bits per heavy atom. The van der Waals surface area contributed by atoms with Gasteiger partial charge >= 0.3 is 0 Å². The number of hydrogen-bond donors (Lipinski definition) is 1. The molecule has 7 nitrogen and oxygen atoms in total. The highest BCUT2D eigenvalue weighted by atomic mass is 79.9. The van der Waals surface area contributed by atoms with Crippen LogP contribution in [0.15, 0.2) is 80.9 Å². The summed E-state index contributed by atoms with van der Waals surface area (Å²) in [6, 6.07) is 15.2. The lowest BCUT2D eigenvalue weighted by Gasteiger charge is -2.08. The molecule has 0 unspecified atom stereocenters. The first kappa shape index (κ1) is 19.3. The first-order valence-corrected chi connectivity index (χ1v) is 10.8. The van der Waals surface area contributed by atoms with E-state index in [4.69, 9.17) is 4.52 Å². The predicted molar refractivity (Wildman–Crippen MR) is 113 cm³/mol. The highest BCUT2D eigenvalue weighted by molar-refractivity contribution is 9.10. The summed E-state index contributed by atoms with van der Waals surface area (Å²) < 4.78 is 33.7. The molecule has 9 heteroatoms. The van der Waals surface area contributed by atoms with E-state index in [1.54, 1.807) is 60.9 Å². The molecular formula is C20H15BrN4O3S. The summed E-state index contributed by atoms with van der Waals surface area (Å²) in [5.41, 5.74) is 2.82. The van der Waals surface area contributed by atoms with Crippen molar-refractivity contribution in [3.63, 3.8) is 0 Å². The van der Waals surface area contributed by atoms with Gasteiger partial charge in [0, 0.05) is 28.1 Å². The smallest absolute Gasteiger partial charge is 0.261 e. The fourth-order valence-electron chi connectivity index (χ4n) is 2.61. The van der Waals surface area contributed by atoms with Gasteiger partial charge in [0.05, 0.1) is 10.5 Å². The van der Waals surface area contributed by atoms with Gasteiger partial charge in [0.2, 0.25) is 5.82 Å². The third kappa shape index (κ3) is 4.36. The van der Waals surface area contributed by atoms with E-state index in [1.165, 1.54) is 0 Å². The van der Waals surface area contributed by atoms with E-state index in [2.05, 4.69) is 35.8 Å². The van der Waals surface area contributed by atoms with Crippen molar-refractivity contribution < 1.29 is 12.9 Å². The molecule has 0 radical (unpaired) electrons. The van der Waals surface area contributed by atoms with E-state index < -0.39 is 10.0 Å². The average Bonchev–Trinajstić information content (AvgIpc) is 3.19. The van der Waals surface area contributed by atoms with Crippen LogP contribution in [0.25, 0.3) is 22.8 Å². The fraction of sp³-hybridized carbons (Fsp3) is 0.0500. The zero-order chi connectivity index (χ0) is 20.4. The standard InChI is InChI=1S/C20H15BrN4O3S/c1-13-2-8-18(9-3-13)29(26,27)25-17-6-4-14(5-7-17)19-23-20(28-24-19)15-10-16(21)12-22-11-15/h2-12,25H,1H3. The largest absolute Gasteiger partial charge is 0.334 e.